The Morgan fingerprint density at radius 1 is 0.236 bits per heavy atom. The fraction of sp³-hybridized carbons (Fsp3) is 0.922. The zero-order chi connectivity index (χ0) is 66.8. The molecule has 0 aliphatic heterocycles. The van der Waals surface area contributed by atoms with Crippen molar-refractivity contribution in [1.82, 2.24) is 16.0 Å². The summed E-state index contributed by atoms with van der Waals surface area (Å²) in [6.07, 6.45) is 44.3. The highest BCUT2D eigenvalue weighted by molar-refractivity contribution is 5.79. The van der Waals surface area contributed by atoms with Gasteiger partial charge in [-0.15, -0.1) is 0 Å². The molecule has 0 unspecified atom stereocenters. The molecular formula is C77H145N3O9. The van der Waals surface area contributed by atoms with Gasteiger partial charge in [0.2, 0.25) is 17.7 Å². The minimum atomic E-state index is -0.605. The summed E-state index contributed by atoms with van der Waals surface area (Å²) < 4.78 is 9.37. The molecule has 0 saturated heterocycles. The highest BCUT2D eigenvalue weighted by atomic mass is 16.5. The smallest absolute Gasteiger partial charge is 0.308 e. The summed E-state index contributed by atoms with van der Waals surface area (Å²) in [6, 6.07) is 0. The number of carbonyl (C=O) groups is 6. The molecule has 0 bridgehead atoms. The Bertz CT molecular complexity index is 1530. The summed E-state index contributed by atoms with van der Waals surface area (Å²) in [4.78, 5) is 66.1. The lowest BCUT2D eigenvalue weighted by Gasteiger charge is -2.24. The number of methoxy groups -OCH3 is 2. The number of amides is 3. The van der Waals surface area contributed by atoms with Crippen LogP contribution in [0.4, 0.5) is 0 Å². The average Bonchev–Trinajstić information content (AvgIpc) is 3.68. The van der Waals surface area contributed by atoms with Gasteiger partial charge in [0.1, 0.15) is 0 Å². The number of rotatable bonds is 6. The number of nitrogens with one attached hydrogen (secondary N) is 3. The first-order valence-electron chi connectivity index (χ1n) is 37.3. The number of carboxylic acid groups (broad SMARTS) is 1. The maximum Gasteiger partial charge on any atom is 0.308 e. The molecule has 3 amide bonds. The van der Waals surface area contributed by atoms with E-state index in [-0.39, 0.29) is 47.4 Å². The van der Waals surface area contributed by atoms with E-state index in [1.807, 2.05) is 0 Å². The minimum Gasteiger partial charge on any atom is -0.481 e. The third-order valence-corrected chi connectivity index (χ3v) is 22.3. The molecule has 9 rings (SSSR count). The number of hydrogen-bond donors (Lipinski definition) is 4. The summed E-state index contributed by atoms with van der Waals surface area (Å²) >= 11 is 0. The monoisotopic (exact) mass is 1260 g/mol. The largest absolute Gasteiger partial charge is 0.481 e. The lowest BCUT2D eigenvalue weighted by atomic mass is 9.83. The molecule has 12 nitrogen and oxygen atoms in total. The van der Waals surface area contributed by atoms with Crippen molar-refractivity contribution in [3.8, 4) is 0 Å². The van der Waals surface area contributed by atoms with Gasteiger partial charge >= 0.3 is 17.9 Å². The van der Waals surface area contributed by atoms with E-state index in [9.17, 15) is 28.8 Å². The zero-order valence-corrected chi connectivity index (χ0v) is 61.1. The van der Waals surface area contributed by atoms with E-state index in [0.717, 1.165) is 161 Å². The van der Waals surface area contributed by atoms with Crippen molar-refractivity contribution in [3.63, 3.8) is 0 Å². The molecule has 9 saturated carbocycles. The standard InChI is InChI=1S/3C9H17NO.2C9H16O2.C8H14O2.3C8H16/c3*1-7-3-5-8(6-4-7)9(11)10-2;2*1-7-3-5-8(6-4-7)9(10)11-2;1-6-2-4-7(5-3-6)8(9)10;3*1-7-3-5-8(2)6-4-7/h3*7-8H,3-6H2,1-2H3,(H,10,11);2*7-8H,3-6H2,1-2H3;6-7H,2-5H2,1H3,(H,9,10);3*7-8H,3-6H2,1-2H3. The van der Waals surface area contributed by atoms with Gasteiger partial charge in [0.25, 0.3) is 0 Å². The number of aliphatic carboxylic acids is 1. The summed E-state index contributed by atoms with van der Waals surface area (Å²) in [7, 11) is 8.11. The Morgan fingerprint density at radius 3 is 0.483 bits per heavy atom. The van der Waals surface area contributed by atoms with Crippen molar-refractivity contribution in [2.75, 3.05) is 35.4 Å². The van der Waals surface area contributed by atoms with Crippen LogP contribution in [0.3, 0.4) is 0 Å². The Labute approximate surface area is 548 Å². The second kappa shape index (κ2) is 49.4. The SMILES string of the molecule is CC1CCC(C(=O)O)CC1.CC1CCC(C)CC1.CC1CCC(C)CC1.CC1CCC(C)CC1.CNC(=O)C1CCC(C)CC1.CNC(=O)C1CCC(C)CC1.CNC(=O)C1CCC(C)CC1.COC(=O)C1CCC(C)CC1.COC(=O)C1CCC(C)CC1. The van der Waals surface area contributed by atoms with Gasteiger partial charge in [0, 0.05) is 38.9 Å². The lowest BCUT2D eigenvalue weighted by molar-refractivity contribution is -0.147. The van der Waals surface area contributed by atoms with Crippen LogP contribution >= 0.6 is 0 Å². The van der Waals surface area contributed by atoms with Crippen LogP contribution in [0, 0.1) is 107 Å². The summed E-state index contributed by atoms with van der Waals surface area (Å²) in [6.45, 7) is 27.7. The van der Waals surface area contributed by atoms with Gasteiger partial charge in [-0.1, -0.05) is 160 Å². The first kappa shape index (κ1) is 83.8. The highest BCUT2D eigenvalue weighted by Gasteiger charge is 2.28. The zero-order valence-electron chi connectivity index (χ0n) is 61.1. The van der Waals surface area contributed by atoms with Crippen molar-refractivity contribution < 1.29 is 43.3 Å². The van der Waals surface area contributed by atoms with Crippen LogP contribution < -0.4 is 16.0 Å². The maximum atomic E-state index is 11.2. The summed E-state index contributed by atoms with van der Waals surface area (Å²) in [5.41, 5.74) is 0. The van der Waals surface area contributed by atoms with Crippen molar-refractivity contribution in [3.05, 3.63) is 0 Å². The van der Waals surface area contributed by atoms with E-state index in [1.165, 1.54) is 155 Å². The van der Waals surface area contributed by atoms with E-state index < -0.39 is 5.97 Å². The molecule has 0 radical (unpaired) electrons. The minimum absolute atomic E-state index is 0.0168. The fourth-order valence-corrected chi connectivity index (χ4v) is 14.3. The molecule has 9 aliphatic carbocycles. The first-order chi connectivity index (χ1) is 42.2. The number of ether oxygens (including phenoxy) is 2. The molecule has 89 heavy (non-hydrogen) atoms. The van der Waals surface area contributed by atoms with E-state index >= 15 is 0 Å². The molecule has 0 atom stereocenters. The van der Waals surface area contributed by atoms with E-state index in [0.29, 0.717) is 17.8 Å². The molecule has 0 aromatic heterocycles. The topological polar surface area (TPSA) is 177 Å². The maximum absolute atomic E-state index is 11.2. The van der Waals surface area contributed by atoms with Crippen molar-refractivity contribution in [2.45, 2.75) is 314 Å². The second-order valence-corrected chi connectivity index (χ2v) is 31.1. The summed E-state index contributed by atoms with van der Waals surface area (Å²) in [5, 5.41) is 16.8. The molecule has 0 spiro atoms. The van der Waals surface area contributed by atoms with Gasteiger partial charge in [-0.2, -0.15) is 0 Å². The number of carbonyl (C=O) groups excluding carboxylic acids is 5. The number of hydrogen-bond acceptors (Lipinski definition) is 8. The molecule has 9 fully saturated rings. The van der Waals surface area contributed by atoms with Crippen LogP contribution in [0.5, 0.6) is 0 Å². The van der Waals surface area contributed by atoms with E-state index in [4.69, 9.17) is 5.11 Å². The molecule has 9 aliphatic rings. The number of carboxylic acids is 1. The van der Waals surface area contributed by atoms with Gasteiger partial charge in [-0.3, -0.25) is 28.8 Å². The third-order valence-electron chi connectivity index (χ3n) is 22.3. The van der Waals surface area contributed by atoms with Gasteiger partial charge in [-0.05, 0) is 225 Å². The normalized spacial score (nSPS) is 33.9. The Morgan fingerprint density at radius 2 is 0.360 bits per heavy atom. The van der Waals surface area contributed by atoms with Gasteiger partial charge in [0.05, 0.1) is 32.0 Å². The average molecular weight is 1260 g/mol. The highest BCUT2D eigenvalue weighted by Crippen LogP contribution is 2.34. The van der Waals surface area contributed by atoms with Crippen LogP contribution in [-0.4, -0.2) is 76.1 Å². The molecular weight excluding hydrogens is 1110 g/mol. The van der Waals surface area contributed by atoms with Gasteiger partial charge < -0.3 is 30.5 Å². The van der Waals surface area contributed by atoms with Gasteiger partial charge in [-0.25, -0.2) is 0 Å². The van der Waals surface area contributed by atoms with E-state index in [1.54, 1.807) is 21.1 Å². The van der Waals surface area contributed by atoms with Crippen molar-refractivity contribution in [1.29, 1.82) is 0 Å². The lowest BCUT2D eigenvalue weighted by Crippen LogP contribution is -2.30. The van der Waals surface area contributed by atoms with Gasteiger partial charge in [0.15, 0.2) is 0 Å². The predicted molar refractivity (Wildman–Crippen MR) is 371 cm³/mol. The van der Waals surface area contributed by atoms with Crippen LogP contribution in [0.25, 0.3) is 0 Å². The fourth-order valence-electron chi connectivity index (χ4n) is 14.3. The molecule has 0 aromatic carbocycles. The number of esters is 2. The molecule has 4 N–H and O–H groups in total. The van der Waals surface area contributed by atoms with Crippen molar-refractivity contribution >= 4 is 35.6 Å². The Balaban J connectivity index is 0.000000502. The molecule has 12 heteroatoms. The summed E-state index contributed by atoms with van der Waals surface area (Å²) in [5.74, 6) is 12.3. The molecule has 0 aromatic rings. The third kappa shape index (κ3) is 39.9. The molecule has 522 valence electrons. The predicted octanol–water partition coefficient (Wildman–Crippen LogP) is 19.0. The van der Waals surface area contributed by atoms with Crippen LogP contribution in [0.1, 0.15) is 314 Å². The second-order valence-electron chi connectivity index (χ2n) is 31.1. The van der Waals surface area contributed by atoms with Crippen LogP contribution in [0.15, 0.2) is 0 Å². The van der Waals surface area contributed by atoms with Crippen LogP contribution in [0.2, 0.25) is 0 Å². The van der Waals surface area contributed by atoms with Crippen LogP contribution in [-0.2, 0) is 38.2 Å². The Kier molecular flexibility index (Phi) is 46.5. The quantitative estimate of drug-likeness (QED) is 0.189. The van der Waals surface area contributed by atoms with E-state index in [2.05, 4.69) is 109 Å². The Hall–Kier alpha value is -3.18. The molecule has 0 heterocycles. The first-order valence-corrected chi connectivity index (χ1v) is 37.3. The van der Waals surface area contributed by atoms with Crippen molar-refractivity contribution in [2.24, 2.45) is 107 Å².